The third-order valence-electron chi connectivity index (χ3n) is 3.08. The maximum absolute atomic E-state index is 9.28. The molecule has 0 aliphatic carbocycles. The van der Waals surface area contributed by atoms with Crippen molar-refractivity contribution in [3.8, 4) is 0 Å². The van der Waals surface area contributed by atoms with Crippen molar-refractivity contribution < 1.29 is 14.6 Å². The summed E-state index contributed by atoms with van der Waals surface area (Å²) in [7, 11) is 0. The minimum Gasteiger partial charge on any atom is -0.396 e. The Balaban J connectivity index is 2.68. The molecule has 1 rings (SSSR count). The molecule has 1 fully saturated rings. The van der Waals surface area contributed by atoms with Crippen molar-refractivity contribution in [2.75, 3.05) is 6.61 Å². The maximum atomic E-state index is 9.28. The van der Waals surface area contributed by atoms with E-state index in [9.17, 15) is 5.11 Å². The molecule has 0 aromatic rings. The zero-order valence-corrected chi connectivity index (χ0v) is 11.4. The van der Waals surface area contributed by atoms with Gasteiger partial charge in [-0.15, -0.1) is 0 Å². The number of aliphatic hydroxyl groups is 1. The number of aliphatic hydroxyl groups excluding tert-OH is 1. The van der Waals surface area contributed by atoms with Crippen molar-refractivity contribution in [2.45, 2.75) is 70.5 Å². The minimum absolute atomic E-state index is 0.116. The van der Waals surface area contributed by atoms with E-state index in [1.807, 2.05) is 13.8 Å². The molecule has 0 unspecified atom stereocenters. The summed E-state index contributed by atoms with van der Waals surface area (Å²) in [6.07, 6.45) is 3.71. The van der Waals surface area contributed by atoms with Crippen molar-refractivity contribution >= 4 is 0 Å². The lowest BCUT2D eigenvalue weighted by Crippen LogP contribution is -2.36. The van der Waals surface area contributed by atoms with Crippen LogP contribution in [0, 0.1) is 0 Å². The molecule has 0 aromatic carbocycles. The van der Waals surface area contributed by atoms with Crippen molar-refractivity contribution in [2.24, 2.45) is 5.11 Å². The molecule has 0 amide bonds. The third kappa shape index (κ3) is 4.14. The van der Waals surface area contributed by atoms with E-state index in [2.05, 4.69) is 16.9 Å². The molecule has 0 bridgehead atoms. The average molecular weight is 257 g/mol. The first-order chi connectivity index (χ1) is 8.54. The fourth-order valence-corrected chi connectivity index (χ4v) is 2.28. The minimum atomic E-state index is -0.681. The second-order valence-electron chi connectivity index (χ2n) is 5.09. The fraction of sp³-hybridized carbons (Fsp3) is 1.00. The summed E-state index contributed by atoms with van der Waals surface area (Å²) < 4.78 is 11.6. The second kappa shape index (κ2) is 6.95. The van der Waals surface area contributed by atoms with Gasteiger partial charge in [0.15, 0.2) is 5.79 Å². The fourth-order valence-electron chi connectivity index (χ4n) is 2.28. The average Bonchev–Trinajstić information content (AvgIpc) is 2.62. The zero-order valence-electron chi connectivity index (χ0n) is 11.4. The topological polar surface area (TPSA) is 87.5 Å². The molecule has 1 saturated heterocycles. The molecule has 0 spiro atoms. The summed E-state index contributed by atoms with van der Waals surface area (Å²) in [6.45, 7) is 5.59. The van der Waals surface area contributed by atoms with E-state index in [1.165, 1.54) is 0 Å². The van der Waals surface area contributed by atoms with Crippen molar-refractivity contribution in [3.05, 3.63) is 10.4 Å². The Morgan fingerprint density at radius 2 is 2.11 bits per heavy atom. The summed E-state index contributed by atoms with van der Waals surface area (Å²) in [4.78, 5) is 2.76. The standard InChI is InChI=1S/C12H23N3O3/c1-4-5-6-7-10-11(9(8-16)14-15-13)18-12(2,3)17-10/h9-11,16H,4-8H2,1-3H3/t9-,10+,11-/m0/s1. The Kier molecular flexibility index (Phi) is 5.88. The second-order valence-corrected chi connectivity index (χ2v) is 5.09. The van der Waals surface area contributed by atoms with Gasteiger partial charge in [0.05, 0.1) is 24.9 Å². The van der Waals surface area contributed by atoms with E-state index in [4.69, 9.17) is 15.0 Å². The number of azide groups is 1. The van der Waals surface area contributed by atoms with Gasteiger partial charge >= 0.3 is 0 Å². The molecule has 18 heavy (non-hydrogen) atoms. The highest BCUT2D eigenvalue weighted by molar-refractivity contribution is 4.90. The Bertz CT molecular complexity index is 303. The van der Waals surface area contributed by atoms with Gasteiger partial charge in [-0.25, -0.2) is 0 Å². The molecule has 1 aliphatic rings. The molecule has 0 aromatic heterocycles. The van der Waals surface area contributed by atoms with Crippen LogP contribution in [-0.4, -0.2) is 35.8 Å². The highest BCUT2D eigenvalue weighted by atomic mass is 16.8. The number of nitrogens with zero attached hydrogens (tertiary/aromatic N) is 3. The van der Waals surface area contributed by atoms with Crippen LogP contribution in [0.25, 0.3) is 10.4 Å². The Morgan fingerprint density at radius 3 is 2.67 bits per heavy atom. The number of unbranched alkanes of at least 4 members (excludes halogenated alkanes) is 2. The number of rotatable bonds is 7. The molecule has 1 heterocycles. The molecule has 1 aliphatic heterocycles. The van der Waals surface area contributed by atoms with E-state index in [1.54, 1.807) is 0 Å². The van der Waals surface area contributed by atoms with Crippen LogP contribution in [0.2, 0.25) is 0 Å². The van der Waals surface area contributed by atoms with Gasteiger partial charge in [-0.2, -0.15) is 0 Å². The van der Waals surface area contributed by atoms with Crippen molar-refractivity contribution in [1.82, 2.24) is 0 Å². The van der Waals surface area contributed by atoms with Gasteiger partial charge in [0.25, 0.3) is 0 Å². The first-order valence-corrected chi connectivity index (χ1v) is 6.54. The van der Waals surface area contributed by atoms with E-state index < -0.39 is 11.8 Å². The van der Waals surface area contributed by atoms with Crippen LogP contribution in [0.3, 0.4) is 0 Å². The van der Waals surface area contributed by atoms with Gasteiger partial charge in [-0.1, -0.05) is 31.3 Å². The Labute approximate surface area is 108 Å². The van der Waals surface area contributed by atoms with Gasteiger partial charge in [-0.05, 0) is 25.8 Å². The molecule has 1 N–H and O–H groups in total. The number of ether oxygens (including phenoxy) is 2. The third-order valence-corrected chi connectivity index (χ3v) is 3.08. The highest BCUT2D eigenvalue weighted by Crippen LogP contribution is 2.33. The van der Waals surface area contributed by atoms with Gasteiger partial charge in [0.1, 0.15) is 0 Å². The summed E-state index contributed by atoms with van der Waals surface area (Å²) in [5.41, 5.74) is 8.51. The van der Waals surface area contributed by atoms with Gasteiger partial charge in [0, 0.05) is 4.91 Å². The van der Waals surface area contributed by atoms with Crippen LogP contribution in [-0.2, 0) is 9.47 Å². The molecular weight excluding hydrogens is 234 g/mol. The van der Waals surface area contributed by atoms with E-state index in [0.717, 1.165) is 25.7 Å². The lowest BCUT2D eigenvalue weighted by molar-refractivity contribution is -0.148. The van der Waals surface area contributed by atoms with Crippen molar-refractivity contribution in [1.29, 1.82) is 0 Å². The summed E-state index contributed by atoms with van der Waals surface area (Å²) in [5, 5.41) is 12.9. The van der Waals surface area contributed by atoms with Crippen LogP contribution in [0.1, 0.15) is 46.5 Å². The Hall–Kier alpha value is -0.810. The molecule has 6 heteroatoms. The lowest BCUT2D eigenvalue weighted by atomic mass is 10.0. The van der Waals surface area contributed by atoms with Crippen LogP contribution in [0.5, 0.6) is 0 Å². The van der Waals surface area contributed by atoms with Crippen LogP contribution < -0.4 is 0 Å². The zero-order chi connectivity index (χ0) is 13.6. The Morgan fingerprint density at radius 1 is 1.39 bits per heavy atom. The molecule has 0 radical (unpaired) electrons. The predicted molar refractivity (Wildman–Crippen MR) is 68.0 cm³/mol. The molecule has 0 saturated carbocycles. The van der Waals surface area contributed by atoms with Crippen molar-refractivity contribution in [3.63, 3.8) is 0 Å². The van der Waals surface area contributed by atoms with Crippen LogP contribution in [0.15, 0.2) is 5.11 Å². The quantitative estimate of drug-likeness (QED) is 0.329. The SMILES string of the molecule is CCCCC[C@H]1OC(C)(C)O[C@H]1[C@H](CO)N=[N+]=[N-]. The summed E-state index contributed by atoms with van der Waals surface area (Å²) in [6, 6.07) is -0.580. The highest BCUT2D eigenvalue weighted by Gasteiger charge is 2.44. The molecule has 104 valence electrons. The first-order valence-electron chi connectivity index (χ1n) is 6.54. The first kappa shape index (κ1) is 15.2. The number of hydrogen-bond donors (Lipinski definition) is 1. The summed E-state index contributed by atoms with van der Waals surface area (Å²) >= 11 is 0. The van der Waals surface area contributed by atoms with E-state index in [0.29, 0.717) is 0 Å². The largest absolute Gasteiger partial charge is 0.396 e. The smallest absolute Gasteiger partial charge is 0.163 e. The van der Waals surface area contributed by atoms with Crippen LogP contribution >= 0.6 is 0 Å². The van der Waals surface area contributed by atoms with Gasteiger partial charge < -0.3 is 14.6 Å². The maximum Gasteiger partial charge on any atom is 0.163 e. The van der Waals surface area contributed by atoms with E-state index >= 15 is 0 Å². The normalized spacial score (nSPS) is 27.8. The molecule has 6 nitrogen and oxygen atoms in total. The number of hydrogen-bond acceptors (Lipinski definition) is 4. The predicted octanol–water partition coefficient (Wildman–Crippen LogP) is 2.76. The lowest BCUT2D eigenvalue weighted by Gasteiger charge is -2.21. The monoisotopic (exact) mass is 257 g/mol. The summed E-state index contributed by atoms with van der Waals surface area (Å²) in [5.74, 6) is -0.681. The van der Waals surface area contributed by atoms with Crippen LogP contribution in [0.4, 0.5) is 0 Å². The molecule has 3 atom stereocenters. The molecular formula is C12H23N3O3. The van der Waals surface area contributed by atoms with Gasteiger partial charge in [0.2, 0.25) is 0 Å². The van der Waals surface area contributed by atoms with E-state index in [-0.39, 0.29) is 18.8 Å². The van der Waals surface area contributed by atoms with Gasteiger partial charge in [-0.3, -0.25) is 0 Å².